The van der Waals surface area contributed by atoms with Gasteiger partial charge < -0.3 is 9.84 Å². The predicted octanol–water partition coefficient (Wildman–Crippen LogP) is 1.56. The van der Waals surface area contributed by atoms with Crippen LogP contribution in [-0.2, 0) is 27.8 Å². The van der Waals surface area contributed by atoms with Crippen LogP contribution in [0.4, 0.5) is 0 Å². The van der Waals surface area contributed by atoms with Gasteiger partial charge in [0.25, 0.3) is 0 Å². The molecular weight excluding hydrogens is 290 g/mol. The molecule has 5 nitrogen and oxygen atoms in total. The zero-order valence-electron chi connectivity index (χ0n) is 12.6. The monoisotopic (exact) mass is 313 g/mol. The lowest BCUT2D eigenvalue weighted by Crippen LogP contribution is -2.34. The van der Waals surface area contributed by atoms with Gasteiger partial charge in [0.15, 0.2) is 0 Å². The number of ether oxygens (including phenoxy) is 1. The predicted molar refractivity (Wildman–Crippen MR) is 82.6 cm³/mol. The number of aryl methyl sites for hydroxylation is 1. The van der Waals surface area contributed by atoms with E-state index in [1.165, 1.54) is 17.5 Å². The molecule has 0 fully saturated rings. The number of nitrogens with zero attached hydrogens (tertiary/aromatic N) is 1. The van der Waals surface area contributed by atoms with Crippen molar-refractivity contribution in [1.82, 2.24) is 4.31 Å². The van der Waals surface area contributed by atoms with Crippen molar-refractivity contribution in [2.45, 2.75) is 24.8 Å². The molecule has 6 heteroatoms. The summed E-state index contributed by atoms with van der Waals surface area (Å²) in [5.41, 5.74) is 1.31. The summed E-state index contributed by atoms with van der Waals surface area (Å²) in [4.78, 5) is 0.245. The molecular formula is C15H23NO4S. The minimum atomic E-state index is -3.64. The highest BCUT2D eigenvalue weighted by atomic mass is 32.2. The molecule has 0 aliphatic carbocycles. The first-order chi connectivity index (χ1) is 10.0. The lowest BCUT2D eigenvalue weighted by Gasteiger charge is -2.22. The second kappa shape index (κ2) is 8.29. The van der Waals surface area contributed by atoms with E-state index in [2.05, 4.69) is 6.58 Å². The second-order valence-corrected chi connectivity index (χ2v) is 6.50. The Hall–Kier alpha value is -1.21. The van der Waals surface area contributed by atoms with E-state index in [-0.39, 0.29) is 24.6 Å². The minimum Gasteiger partial charge on any atom is -0.392 e. The maximum Gasteiger partial charge on any atom is 0.243 e. The Morgan fingerprint density at radius 2 is 2.14 bits per heavy atom. The number of aliphatic hydroxyl groups is 1. The summed E-state index contributed by atoms with van der Waals surface area (Å²) in [6.45, 7) is 6.11. The Balaban J connectivity index is 3.28. The standard InChI is InChI=1S/C15H23NO4S/c1-4-8-16(9-10-20-3)21(18,19)15-11-13(12-17)6-7-14(15)5-2/h4,6-7,11,17H,1,5,8-10,12H2,2-3H3. The average molecular weight is 313 g/mol. The van der Waals surface area contributed by atoms with Crippen LogP contribution >= 0.6 is 0 Å². The van der Waals surface area contributed by atoms with Gasteiger partial charge >= 0.3 is 0 Å². The molecule has 0 radical (unpaired) electrons. The first kappa shape index (κ1) is 17.8. The van der Waals surface area contributed by atoms with Gasteiger partial charge in [-0.15, -0.1) is 6.58 Å². The van der Waals surface area contributed by atoms with Crippen molar-refractivity contribution in [2.24, 2.45) is 0 Å². The van der Waals surface area contributed by atoms with Gasteiger partial charge in [-0.05, 0) is 23.6 Å². The van der Waals surface area contributed by atoms with E-state index < -0.39 is 10.0 Å². The molecule has 1 aromatic carbocycles. The number of aliphatic hydroxyl groups excluding tert-OH is 1. The summed E-state index contributed by atoms with van der Waals surface area (Å²) in [5.74, 6) is 0. The highest BCUT2D eigenvalue weighted by Crippen LogP contribution is 2.22. The molecule has 1 N–H and O–H groups in total. The van der Waals surface area contributed by atoms with Crippen LogP contribution in [0.25, 0.3) is 0 Å². The van der Waals surface area contributed by atoms with Crippen LogP contribution in [-0.4, -0.2) is 44.6 Å². The maximum absolute atomic E-state index is 12.8. The van der Waals surface area contributed by atoms with Gasteiger partial charge in [0.2, 0.25) is 10.0 Å². The number of hydrogen-bond acceptors (Lipinski definition) is 4. The average Bonchev–Trinajstić information content (AvgIpc) is 2.50. The first-order valence-electron chi connectivity index (χ1n) is 6.83. The van der Waals surface area contributed by atoms with Crippen LogP contribution in [0.15, 0.2) is 35.7 Å². The molecule has 1 aromatic rings. The van der Waals surface area contributed by atoms with Crippen molar-refractivity contribution in [3.05, 3.63) is 42.0 Å². The van der Waals surface area contributed by atoms with E-state index in [0.29, 0.717) is 18.6 Å². The summed E-state index contributed by atoms with van der Waals surface area (Å²) >= 11 is 0. The number of methoxy groups -OCH3 is 1. The zero-order valence-corrected chi connectivity index (χ0v) is 13.4. The number of hydrogen-bond donors (Lipinski definition) is 1. The molecule has 0 amide bonds. The maximum atomic E-state index is 12.8. The van der Waals surface area contributed by atoms with E-state index in [4.69, 9.17) is 4.74 Å². The third kappa shape index (κ3) is 4.38. The number of sulfonamides is 1. The SMILES string of the molecule is C=CCN(CCOC)S(=O)(=O)c1cc(CO)ccc1CC. The molecule has 0 aliphatic heterocycles. The molecule has 0 saturated carbocycles. The molecule has 0 aromatic heterocycles. The molecule has 0 unspecified atom stereocenters. The van der Waals surface area contributed by atoms with Crippen LogP contribution in [0.2, 0.25) is 0 Å². The fourth-order valence-electron chi connectivity index (χ4n) is 2.02. The van der Waals surface area contributed by atoms with Crippen molar-refractivity contribution in [1.29, 1.82) is 0 Å². The fourth-order valence-corrected chi connectivity index (χ4v) is 3.75. The topological polar surface area (TPSA) is 66.8 Å². The van der Waals surface area contributed by atoms with Crippen molar-refractivity contribution in [3.63, 3.8) is 0 Å². The van der Waals surface area contributed by atoms with E-state index in [1.54, 1.807) is 18.2 Å². The van der Waals surface area contributed by atoms with Gasteiger partial charge in [-0.1, -0.05) is 25.1 Å². The zero-order chi connectivity index (χ0) is 15.9. The van der Waals surface area contributed by atoms with Crippen molar-refractivity contribution < 1.29 is 18.3 Å². The number of benzene rings is 1. The summed E-state index contributed by atoms with van der Waals surface area (Å²) in [6.07, 6.45) is 2.15. The largest absolute Gasteiger partial charge is 0.392 e. The van der Waals surface area contributed by atoms with Gasteiger partial charge in [-0.3, -0.25) is 0 Å². The third-order valence-electron chi connectivity index (χ3n) is 3.19. The molecule has 0 atom stereocenters. The van der Waals surface area contributed by atoms with Crippen molar-refractivity contribution in [3.8, 4) is 0 Å². The highest BCUT2D eigenvalue weighted by Gasteiger charge is 2.25. The molecule has 0 heterocycles. The van der Waals surface area contributed by atoms with Crippen LogP contribution < -0.4 is 0 Å². The quantitative estimate of drug-likeness (QED) is 0.703. The molecule has 1 rings (SSSR count). The molecule has 0 saturated heterocycles. The summed E-state index contributed by atoms with van der Waals surface area (Å²) < 4.78 is 31.9. The highest BCUT2D eigenvalue weighted by molar-refractivity contribution is 7.89. The van der Waals surface area contributed by atoms with Crippen molar-refractivity contribution >= 4 is 10.0 Å². The Bertz CT molecular complexity index is 569. The molecule has 0 aliphatic rings. The van der Waals surface area contributed by atoms with Crippen LogP contribution in [0.3, 0.4) is 0 Å². The van der Waals surface area contributed by atoms with E-state index in [1.807, 2.05) is 6.92 Å². The first-order valence-corrected chi connectivity index (χ1v) is 8.27. The van der Waals surface area contributed by atoms with Gasteiger partial charge in [0, 0.05) is 20.2 Å². The van der Waals surface area contributed by atoms with Crippen LogP contribution in [0, 0.1) is 0 Å². The van der Waals surface area contributed by atoms with E-state index in [0.717, 1.165) is 5.56 Å². The summed E-state index contributed by atoms with van der Waals surface area (Å²) in [5, 5.41) is 9.23. The Labute approximate surface area is 126 Å². The molecule has 0 spiro atoms. The summed E-state index contributed by atoms with van der Waals surface area (Å²) in [6, 6.07) is 5.03. The Morgan fingerprint density at radius 1 is 1.43 bits per heavy atom. The molecule has 0 bridgehead atoms. The van der Waals surface area contributed by atoms with E-state index >= 15 is 0 Å². The van der Waals surface area contributed by atoms with Crippen molar-refractivity contribution in [2.75, 3.05) is 26.8 Å². The van der Waals surface area contributed by atoms with Gasteiger partial charge in [0.05, 0.1) is 18.1 Å². The molecule has 21 heavy (non-hydrogen) atoms. The minimum absolute atomic E-state index is 0.188. The second-order valence-electron chi connectivity index (χ2n) is 4.60. The van der Waals surface area contributed by atoms with E-state index in [9.17, 15) is 13.5 Å². The summed E-state index contributed by atoms with van der Waals surface area (Å²) in [7, 11) is -2.11. The number of rotatable bonds is 9. The Morgan fingerprint density at radius 3 is 2.67 bits per heavy atom. The third-order valence-corrected chi connectivity index (χ3v) is 5.14. The van der Waals surface area contributed by atoms with Crippen LogP contribution in [0.5, 0.6) is 0 Å². The lowest BCUT2D eigenvalue weighted by atomic mass is 10.1. The fraction of sp³-hybridized carbons (Fsp3) is 0.467. The van der Waals surface area contributed by atoms with Gasteiger partial charge in [-0.2, -0.15) is 4.31 Å². The smallest absolute Gasteiger partial charge is 0.243 e. The van der Waals surface area contributed by atoms with Gasteiger partial charge in [0.1, 0.15) is 0 Å². The van der Waals surface area contributed by atoms with Gasteiger partial charge in [-0.25, -0.2) is 8.42 Å². The van der Waals surface area contributed by atoms with Crippen LogP contribution in [0.1, 0.15) is 18.1 Å². The lowest BCUT2D eigenvalue weighted by molar-refractivity contribution is 0.182. The normalized spacial score (nSPS) is 11.8. The Kier molecular flexibility index (Phi) is 7.04. The molecule has 118 valence electrons.